The molecular weight excluding hydrogens is 238 g/mol. The Hall–Kier alpha value is -1.62. The Labute approximate surface area is 113 Å². The molecule has 3 heterocycles. The van der Waals surface area contributed by atoms with E-state index in [4.69, 9.17) is 0 Å². The highest BCUT2D eigenvalue weighted by molar-refractivity contribution is 5.19. The lowest BCUT2D eigenvalue weighted by atomic mass is 9.97. The third kappa shape index (κ3) is 2.42. The second kappa shape index (κ2) is 5.17. The van der Waals surface area contributed by atoms with Crippen LogP contribution in [0.3, 0.4) is 0 Å². The molecule has 1 aliphatic rings. The molecule has 1 fully saturated rings. The fourth-order valence-corrected chi connectivity index (χ4v) is 2.94. The van der Waals surface area contributed by atoms with Gasteiger partial charge in [0.1, 0.15) is 0 Å². The van der Waals surface area contributed by atoms with Crippen molar-refractivity contribution in [3.05, 3.63) is 35.2 Å². The number of imidazole rings is 1. The number of nitrogens with one attached hydrogen (secondary N) is 2. The maximum Gasteiger partial charge on any atom is 0.0925 e. The summed E-state index contributed by atoms with van der Waals surface area (Å²) in [7, 11) is 0. The second-order valence-corrected chi connectivity index (χ2v) is 5.42. The van der Waals surface area contributed by atoms with Gasteiger partial charge in [0.2, 0.25) is 0 Å². The van der Waals surface area contributed by atoms with Gasteiger partial charge in [0, 0.05) is 12.2 Å². The van der Waals surface area contributed by atoms with Crippen molar-refractivity contribution < 1.29 is 0 Å². The van der Waals surface area contributed by atoms with E-state index in [0.717, 1.165) is 18.8 Å². The quantitative estimate of drug-likeness (QED) is 0.890. The number of aryl methyl sites for hydroxylation is 2. The van der Waals surface area contributed by atoms with Gasteiger partial charge in [-0.2, -0.15) is 5.10 Å². The van der Waals surface area contributed by atoms with Crippen LogP contribution in [0, 0.1) is 13.8 Å². The number of likely N-dealkylation sites (tertiary alicyclic amines) is 1. The molecule has 2 aromatic rings. The average Bonchev–Trinajstić information content (AvgIpc) is 3.00. The standard InChI is InChI=1S/C14H21N5/c1-10-7-17-18-14(10)13-5-3-4-6-19(13)8-12-11(2)15-9-16-12/h7,9,13H,3-6,8H2,1-2H3,(H,15,16)(H,17,18). The number of H-pyrrole nitrogens is 2. The van der Waals surface area contributed by atoms with Gasteiger partial charge in [0.25, 0.3) is 0 Å². The summed E-state index contributed by atoms with van der Waals surface area (Å²) in [6.07, 6.45) is 7.46. The van der Waals surface area contributed by atoms with Crippen LogP contribution < -0.4 is 0 Å². The minimum Gasteiger partial charge on any atom is -0.348 e. The first-order valence-corrected chi connectivity index (χ1v) is 6.98. The smallest absolute Gasteiger partial charge is 0.0925 e. The van der Waals surface area contributed by atoms with Crippen molar-refractivity contribution in [3.63, 3.8) is 0 Å². The molecule has 1 atom stereocenters. The lowest BCUT2D eigenvalue weighted by molar-refractivity contribution is 0.135. The molecule has 19 heavy (non-hydrogen) atoms. The van der Waals surface area contributed by atoms with Crippen LogP contribution in [0.15, 0.2) is 12.5 Å². The summed E-state index contributed by atoms with van der Waals surface area (Å²) in [6, 6.07) is 0.451. The van der Waals surface area contributed by atoms with Crippen LogP contribution in [0.2, 0.25) is 0 Å². The molecule has 1 unspecified atom stereocenters. The average molecular weight is 259 g/mol. The van der Waals surface area contributed by atoms with Gasteiger partial charge in [0.05, 0.1) is 30.0 Å². The van der Waals surface area contributed by atoms with E-state index in [2.05, 4.69) is 38.9 Å². The van der Waals surface area contributed by atoms with E-state index in [1.807, 2.05) is 6.20 Å². The van der Waals surface area contributed by atoms with Crippen molar-refractivity contribution in [3.8, 4) is 0 Å². The zero-order valence-corrected chi connectivity index (χ0v) is 11.6. The number of rotatable bonds is 3. The Morgan fingerprint density at radius 1 is 1.37 bits per heavy atom. The van der Waals surface area contributed by atoms with Gasteiger partial charge < -0.3 is 4.98 Å². The summed E-state index contributed by atoms with van der Waals surface area (Å²) in [4.78, 5) is 10.1. The number of hydrogen-bond acceptors (Lipinski definition) is 3. The van der Waals surface area contributed by atoms with Crippen LogP contribution in [0.1, 0.15) is 47.9 Å². The minimum atomic E-state index is 0.451. The van der Waals surface area contributed by atoms with Crippen molar-refractivity contribution in [2.24, 2.45) is 0 Å². The first-order chi connectivity index (χ1) is 9.25. The van der Waals surface area contributed by atoms with Gasteiger partial charge in [-0.05, 0) is 38.8 Å². The van der Waals surface area contributed by atoms with Crippen LogP contribution in [0.4, 0.5) is 0 Å². The van der Waals surface area contributed by atoms with E-state index in [0.29, 0.717) is 6.04 Å². The summed E-state index contributed by atoms with van der Waals surface area (Å²) >= 11 is 0. The Morgan fingerprint density at radius 2 is 2.26 bits per heavy atom. The lowest BCUT2D eigenvalue weighted by Gasteiger charge is -2.35. The van der Waals surface area contributed by atoms with Crippen molar-refractivity contribution >= 4 is 0 Å². The van der Waals surface area contributed by atoms with Gasteiger partial charge >= 0.3 is 0 Å². The van der Waals surface area contributed by atoms with Crippen LogP contribution in [-0.4, -0.2) is 31.6 Å². The molecule has 0 saturated carbocycles. The predicted octanol–water partition coefficient (Wildman–Crippen LogP) is 2.48. The zero-order valence-electron chi connectivity index (χ0n) is 11.6. The van der Waals surface area contributed by atoms with Gasteiger partial charge in [-0.15, -0.1) is 0 Å². The summed E-state index contributed by atoms with van der Waals surface area (Å²) < 4.78 is 0. The number of aromatic nitrogens is 4. The maximum atomic E-state index is 4.43. The van der Waals surface area contributed by atoms with E-state index in [1.54, 1.807) is 6.33 Å². The molecule has 0 amide bonds. The van der Waals surface area contributed by atoms with Crippen LogP contribution >= 0.6 is 0 Å². The molecule has 1 aliphatic heterocycles. The molecule has 1 saturated heterocycles. The van der Waals surface area contributed by atoms with Gasteiger partial charge in [-0.1, -0.05) is 6.42 Å². The highest BCUT2D eigenvalue weighted by atomic mass is 15.2. The highest BCUT2D eigenvalue weighted by Gasteiger charge is 2.27. The van der Waals surface area contributed by atoms with E-state index in [1.165, 1.54) is 36.2 Å². The first-order valence-electron chi connectivity index (χ1n) is 6.98. The molecule has 0 radical (unpaired) electrons. The third-order valence-electron chi connectivity index (χ3n) is 4.10. The molecule has 0 aliphatic carbocycles. The molecule has 2 aromatic heterocycles. The van der Waals surface area contributed by atoms with E-state index in [-0.39, 0.29) is 0 Å². The van der Waals surface area contributed by atoms with Gasteiger partial charge in [0.15, 0.2) is 0 Å². The van der Waals surface area contributed by atoms with Crippen LogP contribution in [0.5, 0.6) is 0 Å². The van der Waals surface area contributed by atoms with Crippen molar-refractivity contribution in [2.45, 2.75) is 45.7 Å². The van der Waals surface area contributed by atoms with Gasteiger partial charge in [-0.25, -0.2) is 4.98 Å². The lowest BCUT2D eigenvalue weighted by Crippen LogP contribution is -2.33. The molecule has 102 valence electrons. The highest BCUT2D eigenvalue weighted by Crippen LogP contribution is 2.32. The Bertz CT molecular complexity index is 542. The molecule has 5 heteroatoms. The monoisotopic (exact) mass is 259 g/mol. The molecule has 3 rings (SSSR count). The first kappa shape index (κ1) is 12.4. The number of aromatic amines is 2. The van der Waals surface area contributed by atoms with Crippen LogP contribution in [-0.2, 0) is 6.54 Å². The summed E-state index contributed by atoms with van der Waals surface area (Å²) in [6.45, 7) is 6.27. The molecular formula is C14H21N5. The molecule has 0 spiro atoms. The minimum absolute atomic E-state index is 0.451. The van der Waals surface area contributed by atoms with Crippen molar-refractivity contribution in [1.82, 2.24) is 25.1 Å². The Morgan fingerprint density at radius 3 is 2.95 bits per heavy atom. The number of piperidine rings is 1. The Kier molecular flexibility index (Phi) is 3.38. The summed E-state index contributed by atoms with van der Waals surface area (Å²) in [5, 5.41) is 7.35. The largest absolute Gasteiger partial charge is 0.348 e. The molecule has 5 nitrogen and oxygen atoms in total. The van der Waals surface area contributed by atoms with E-state index < -0.39 is 0 Å². The number of nitrogens with zero attached hydrogens (tertiary/aromatic N) is 3. The predicted molar refractivity (Wildman–Crippen MR) is 73.7 cm³/mol. The van der Waals surface area contributed by atoms with Crippen molar-refractivity contribution in [2.75, 3.05) is 6.54 Å². The third-order valence-corrected chi connectivity index (χ3v) is 4.10. The Balaban J connectivity index is 1.82. The maximum absolute atomic E-state index is 4.43. The van der Waals surface area contributed by atoms with Crippen molar-refractivity contribution in [1.29, 1.82) is 0 Å². The van der Waals surface area contributed by atoms with Gasteiger partial charge in [-0.3, -0.25) is 10.00 Å². The topological polar surface area (TPSA) is 60.6 Å². The van der Waals surface area contributed by atoms with E-state index in [9.17, 15) is 0 Å². The molecule has 0 aromatic carbocycles. The zero-order chi connectivity index (χ0) is 13.2. The fourth-order valence-electron chi connectivity index (χ4n) is 2.94. The SMILES string of the molecule is Cc1cn[nH]c1C1CCCCN1Cc1nc[nH]c1C. The van der Waals surface area contributed by atoms with Crippen LogP contribution in [0.25, 0.3) is 0 Å². The normalized spacial score (nSPS) is 20.8. The number of hydrogen-bond donors (Lipinski definition) is 2. The summed E-state index contributed by atoms with van der Waals surface area (Å²) in [5.41, 5.74) is 4.86. The molecule has 2 N–H and O–H groups in total. The summed E-state index contributed by atoms with van der Waals surface area (Å²) in [5.74, 6) is 0. The van der Waals surface area contributed by atoms with E-state index >= 15 is 0 Å². The molecule has 0 bridgehead atoms. The second-order valence-electron chi connectivity index (χ2n) is 5.42. The fraction of sp³-hybridized carbons (Fsp3) is 0.571.